The molecular weight excluding hydrogens is 414 g/mol. The fraction of sp³-hybridized carbons (Fsp3) is 0.0952. The fourth-order valence-electron chi connectivity index (χ4n) is 2.52. The molecule has 0 spiro atoms. The van der Waals surface area contributed by atoms with E-state index in [4.69, 9.17) is 9.47 Å². The number of benzene rings is 3. The van der Waals surface area contributed by atoms with Crippen LogP contribution in [0.15, 0.2) is 76.7 Å². The molecule has 6 nitrogen and oxygen atoms in total. The lowest BCUT2D eigenvalue weighted by Gasteiger charge is -2.11. The lowest BCUT2D eigenvalue weighted by molar-refractivity contribution is 0.296. The zero-order chi connectivity index (χ0) is 21.6. The van der Waals surface area contributed by atoms with Crippen LogP contribution >= 0.6 is 0 Å². The molecule has 3 aromatic rings. The summed E-state index contributed by atoms with van der Waals surface area (Å²) in [5.41, 5.74) is 1.28. The highest BCUT2D eigenvalue weighted by Crippen LogP contribution is 2.22. The van der Waals surface area contributed by atoms with Crippen LogP contribution in [0.5, 0.6) is 11.5 Å². The number of rotatable bonds is 8. The van der Waals surface area contributed by atoms with E-state index in [1.165, 1.54) is 37.6 Å². The summed E-state index contributed by atoms with van der Waals surface area (Å²) in [4.78, 5) is 1.97. The van der Waals surface area contributed by atoms with Gasteiger partial charge in [0.2, 0.25) is 0 Å². The lowest BCUT2D eigenvalue weighted by Crippen LogP contribution is -2.18. The Hall–Kier alpha value is -3.46. The van der Waals surface area contributed by atoms with Crippen LogP contribution in [-0.2, 0) is 16.6 Å². The Bertz CT molecular complexity index is 1130. The molecule has 0 aliphatic heterocycles. The van der Waals surface area contributed by atoms with Gasteiger partial charge in [-0.1, -0.05) is 0 Å². The van der Waals surface area contributed by atoms with Gasteiger partial charge in [0.1, 0.15) is 29.7 Å². The zero-order valence-electron chi connectivity index (χ0n) is 15.9. The van der Waals surface area contributed by atoms with Gasteiger partial charge in [-0.05, 0) is 72.3 Å². The average molecular weight is 432 g/mol. The van der Waals surface area contributed by atoms with Crippen molar-refractivity contribution < 1.29 is 26.7 Å². The van der Waals surface area contributed by atoms with Crippen molar-refractivity contribution in [2.45, 2.75) is 11.5 Å². The van der Waals surface area contributed by atoms with Crippen molar-refractivity contribution in [1.29, 1.82) is 0 Å². The van der Waals surface area contributed by atoms with Crippen LogP contribution in [0.25, 0.3) is 0 Å². The van der Waals surface area contributed by atoms with Crippen molar-refractivity contribution in [3.8, 4) is 11.5 Å². The topological polar surface area (TPSA) is 77.0 Å². The van der Waals surface area contributed by atoms with Gasteiger partial charge in [0.25, 0.3) is 10.0 Å². The Balaban J connectivity index is 1.70. The Morgan fingerprint density at radius 2 is 1.60 bits per heavy atom. The van der Waals surface area contributed by atoms with Crippen LogP contribution in [0.2, 0.25) is 0 Å². The van der Waals surface area contributed by atoms with Gasteiger partial charge < -0.3 is 9.47 Å². The number of methoxy groups -OCH3 is 1. The summed E-state index contributed by atoms with van der Waals surface area (Å²) < 4.78 is 61.2. The van der Waals surface area contributed by atoms with Gasteiger partial charge in [-0.3, -0.25) is 0 Å². The first-order chi connectivity index (χ1) is 14.4. The van der Waals surface area contributed by atoms with Gasteiger partial charge in [-0.2, -0.15) is 13.5 Å². The molecule has 0 saturated carbocycles. The molecule has 3 rings (SSSR count). The minimum Gasteiger partial charge on any atom is -0.496 e. The highest BCUT2D eigenvalue weighted by molar-refractivity contribution is 7.89. The number of ether oxygens (including phenoxy) is 2. The van der Waals surface area contributed by atoms with Crippen LogP contribution in [0.3, 0.4) is 0 Å². The number of nitrogens with zero attached hydrogens (tertiary/aromatic N) is 1. The normalized spacial score (nSPS) is 11.4. The summed E-state index contributed by atoms with van der Waals surface area (Å²) in [6, 6.07) is 15.1. The summed E-state index contributed by atoms with van der Waals surface area (Å²) in [6.07, 6.45) is 1.32. The van der Waals surface area contributed by atoms with Crippen molar-refractivity contribution in [2.24, 2.45) is 5.10 Å². The first-order valence-corrected chi connectivity index (χ1v) is 10.2. The number of hydrazone groups is 1. The number of halogens is 2. The van der Waals surface area contributed by atoms with Crippen molar-refractivity contribution in [1.82, 2.24) is 4.83 Å². The smallest absolute Gasteiger partial charge is 0.276 e. The first-order valence-electron chi connectivity index (χ1n) is 8.73. The predicted molar refractivity (Wildman–Crippen MR) is 108 cm³/mol. The largest absolute Gasteiger partial charge is 0.496 e. The lowest BCUT2D eigenvalue weighted by atomic mass is 10.1. The summed E-state index contributed by atoms with van der Waals surface area (Å²) in [7, 11) is -2.40. The molecule has 0 atom stereocenters. The predicted octanol–water partition coefficient (Wildman–Crippen LogP) is 3.86. The number of sulfonamides is 1. The van der Waals surface area contributed by atoms with Crippen molar-refractivity contribution in [2.75, 3.05) is 7.11 Å². The van der Waals surface area contributed by atoms with E-state index in [-0.39, 0.29) is 17.3 Å². The van der Waals surface area contributed by atoms with Gasteiger partial charge in [-0.15, -0.1) is 0 Å². The molecule has 0 aliphatic rings. The summed E-state index contributed by atoms with van der Waals surface area (Å²) >= 11 is 0. The summed E-state index contributed by atoms with van der Waals surface area (Å²) in [5.74, 6) is 0.165. The second-order valence-electron chi connectivity index (χ2n) is 6.12. The molecule has 0 aromatic heterocycles. The number of hydrogen-bond donors (Lipinski definition) is 1. The first kappa shape index (κ1) is 21.3. The number of nitrogens with one attached hydrogen (secondary N) is 1. The van der Waals surface area contributed by atoms with Crippen molar-refractivity contribution in [3.05, 3.63) is 89.5 Å². The SMILES string of the molecule is COc1ccc(C=NNS(=O)(=O)c2ccc(F)cc2)cc1COc1ccc(F)cc1. The van der Waals surface area contributed by atoms with Crippen LogP contribution in [0.1, 0.15) is 11.1 Å². The fourth-order valence-corrected chi connectivity index (χ4v) is 3.31. The second kappa shape index (κ2) is 9.36. The molecule has 0 unspecified atom stereocenters. The molecule has 3 aromatic carbocycles. The van der Waals surface area contributed by atoms with Crippen molar-refractivity contribution in [3.63, 3.8) is 0 Å². The van der Waals surface area contributed by atoms with Gasteiger partial charge >= 0.3 is 0 Å². The standard InChI is InChI=1S/C21H18F2N2O4S/c1-28-21-11-2-15(12-16(21)14-29-19-7-3-17(22)4-8-19)13-24-25-30(26,27)20-9-5-18(23)6-10-20/h2-13,25H,14H2,1H3. The molecular formula is C21H18F2N2O4S. The molecule has 9 heteroatoms. The molecule has 0 bridgehead atoms. The maximum atomic E-state index is 13.0. The van der Waals surface area contributed by atoms with Gasteiger partial charge in [0.05, 0.1) is 18.2 Å². The van der Waals surface area contributed by atoms with Gasteiger partial charge in [-0.25, -0.2) is 13.6 Å². The highest BCUT2D eigenvalue weighted by Gasteiger charge is 2.12. The molecule has 30 heavy (non-hydrogen) atoms. The minimum atomic E-state index is -3.91. The quantitative estimate of drug-likeness (QED) is 0.433. The molecule has 0 fully saturated rings. The van der Waals surface area contributed by atoms with Crippen LogP contribution < -0.4 is 14.3 Å². The van der Waals surface area contributed by atoms with E-state index in [1.807, 2.05) is 0 Å². The average Bonchev–Trinajstić information content (AvgIpc) is 2.73. The molecule has 0 saturated heterocycles. The molecule has 156 valence electrons. The molecule has 1 N–H and O–H groups in total. The highest BCUT2D eigenvalue weighted by atomic mass is 32.2. The van der Waals surface area contributed by atoms with Crippen LogP contribution in [-0.4, -0.2) is 21.7 Å². The summed E-state index contributed by atoms with van der Waals surface area (Å²) in [5, 5.41) is 3.76. The van der Waals surface area contributed by atoms with E-state index in [2.05, 4.69) is 9.93 Å². The van der Waals surface area contributed by atoms with E-state index in [0.717, 1.165) is 24.3 Å². The Kier molecular flexibility index (Phi) is 6.63. The minimum absolute atomic E-state index is 0.107. The molecule has 0 heterocycles. The molecule has 0 amide bonds. The van der Waals surface area contributed by atoms with Crippen molar-refractivity contribution >= 4 is 16.2 Å². The Morgan fingerprint density at radius 1 is 0.967 bits per heavy atom. The maximum Gasteiger partial charge on any atom is 0.276 e. The molecule has 0 aliphatic carbocycles. The van der Waals surface area contributed by atoms with E-state index in [9.17, 15) is 17.2 Å². The molecule has 0 radical (unpaired) electrons. The third-order valence-electron chi connectivity index (χ3n) is 4.02. The van der Waals surface area contributed by atoms with E-state index in [1.54, 1.807) is 18.2 Å². The Morgan fingerprint density at radius 3 is 2.23 bits per heavy atom. The van der Waals surface area contributed by atoms with Gasteiger partial charge in [0.15, 0.2) is 0 Å². The summed E-state index contributed by atoms with van der Waals surface area (Å²) in [6.45, 7) is 0.151. The second-order valence-corrected chi connectivity index (χ2v) is 7.78. The Labute approximate surface area is 172 Å². The van der Waals surface area contributed by atoms with Crippen LogP contribution in [0, 0.1) is 11.6 Å². The van der Waals surface area contributed by atoms with Crippen LogP contribution in [0.4, 0.5) is 8.78 Å². The number of hydrogen-bond acceptors (Lipinski definition) is 5. The third kappa shape index (κ3) is 5.54. The van der Waals surface area contributed by atoms with E-state index >= 15 is 0 Å². The monoisotopic (exact) mass is 432 g/mol. The van der Waals surface area contributed by atoms with E-state index < -0.39 is 15.8 Å². The van der Waals surface area contributed by atoms with Gasteiger partial charge in [0, 0.05) is 5.56 Å². The third-order valence-corrected chi connectivity index (χ3v) is 5.26. The van der Waals surface area contributed by atoms with E-state index in [0.29, 0.717) is 22.6 Å². The zero-order valence-corrected chi connectivity index (χ0v) is 16.7. The maximum absolute atomic E-state index is 13.0.